The molecule has 1 aliphatic rings. The van der Waals surface area contributed by atoms with Crippen LogP contribution in [0.1, 0.15) is 58.8 Å². The van der Waals surface area contributed by atoms with Gasteiger partial charge >= 0.3 is 0 Å². The molecule has 0 saturated carbocycles. The first-order valence-electron chi connectivity index (χ1n) is 7.06. The number of nitrogens with zero attached hydrogens (tertiary/aromatic N) is 1. The second-order valence-electron chi connectivity index (χ2n) is 6.08. The van der Waals surface area contributed by atoms with Gasteiger partial charge < -0.3 is 10.6 Å². The van der Waals surface area contributed by atoms with E-state index in [2.05, 4.69) is 18.7 Å². The number of hydrogen-bond donors (Lipinski definition) is 1. The number of unbranched alkanes of at least 4 members (excludes halogenated alkanes) is 1. The molecule has 0 aromatic carbocycles. The summed E-state index contributed by atoms with van der Waals surface area (Å²) in [5, 5.41) is 0. The fourth-order valence-electron chi connectivity index (χ4n) is 2.40. The van der Waals surface area contributed by atoms with Gasteiger partial charge in [-0.3, -0.25) is 0 Å². The predicted octanol–water partition coefficient (Wildman–Crippen LogP) is 3.02. The summed E-state index contributed by atoms with van der Waals surface area (Å²) in [6.45, 7) is 9.34. The van der Waals surface area contributed by atoms with Crippen LogP contribution in [0.3, 0.4) is 0 Å². The van der Waals surface area contributed by atoms with Crippen molar-refractivity contribution in [3.05, 3.63) is 0 Å². The molecule has 0 radical (unpaired) electrons. The summed E-state index contributed by atoms with van der Waals surface area (Å²) in [7, 11) is 0. The molecule has 2 heteroatoms. The minimum Gasteiger partial charge on any atom is -0.330 e. The first-order valence-corrected chi connectivity index (χ1v) is 7.06. The molecule has 1 fully saturated rings. The normalized spacial score (nSPS) is 19.7. The van der Waals surface area contributed by atoms with Crippen molar-refractivity contribution in [1.29, 1.82) is 0 Å². The van der Waals surface area contributed by atoms with Crippen molar-refractivity contribution in [1.82, 2.24) is 4.90 Å². The van der Waals surface area contributed by atoms with E-state index in [9.17, 15) is 0 Å². The lowest BCUT2D eigenvalue weighted by Crippen LogP contribution is -2.27. The van der Waals surface area contributed by atoms with Gasteiger partial charge in [-0.1, -0.05) is 33.1 Å². The second kappa shape index (κ2) is 7.29. The molecule has 0 aromatic heterocycles. The third-order valence-corrected chi connectivity index (χ3v) is 3.83. The number of hydrogen-bond acceptors (Lipinski definition) is 2. The Balaban J connectivity index is 2.05. The van der Waals surface area contributed by atoms with Crippen molar-refractivity contribution >= 4 is 0 Å². The largest absolute Gasteiger partial charge is 0.330 e. The number of rotatable bonds is 6. The van der Waals surface area contributed by atoms with Gasteiger partial charge in [-0.2, -0.15) is 0 Å². The van der Waals surface area contributed by atoms with E-state index in [1.54, 1.807) is 0 Å². The summed E-state index contributed by atoms with van der Waals surface area (Å²) in [5.74, 6) is 0. The summed E-state index contributed by atoms with van der Waals surface area (Å²) < 4.78 is 0. The minimum atomic E-state index is 0.346. The lowest BCUT2D eigenvalue weighted by molar-refractivity contribution is 0.263. The molecule has 0 unspecified atom stereocenters. The van der Waals surface area contributed by atoms with Crippen molar-refractivity contribution < 1.29 is 0 Å². The molecule has 0 spiro atoms. The smallest absolute Gasteiger partial charge is 0.00187 e. The lowest BCUT2D eigenvalue weighted by Gasteiger charge is -2.24. The fraction of sp³-hybridized carbons (Fsp3) is 1.00. The molecule has 2 N–H and O–H groups in total. The average Bonchev–Trinajstić information content (AvgIpc) is 2.53. The molecule has 16 heavy (non-hydrogen) atoms. The van der Waals surface area contributed by atoms with Gasteiger partial charge in [0.05, 0.1) is 0 Å². The third kappa shape index (κ3) is 5.86. The monoisotopic (exact) mass is 226 g/mol. The maximum atomic E-state index is 5.74. The van der Waals surface area contributed by atoms with E-state index in [0.29, 0.717) is 5.41 Å². The van der Waals surface area contributed by atoms with Crippen molar-refractivity contribution in [2.45, 2.75) is 58.8 Å². The zero-order chi connectivity index (χ0) is 11.9. The molecule has 1 heterocycles. The Morgan fingerprint density at radius 3 is 2.19 bits per heavy atom. The van der Waals surface area contributed by atoms with E-state index >= 15 is 0 Å². The highest BCUT2D eigenvalue weighted by Crippen LogP contribution is 2.21. The molecule has 2 nitrogen and oxygen atoms in total. The maximum Gasteiger partial charge on any atom is -0.00187 e. The standard InChI is InChI=1S/C14H30N2/c1-14(2,13-15)9-5-8-12-16-10-6-3-4-7-11-16/h3-13,15H2,1-2H3. The Kier molecular flexibility index (Phi) is 6.37. The summed E-state index contributed by atoms with van der Waals surface area (Å²) in [6, 6.07) is 0. The molecule has 0 aromatic rings. The van der Waals surface area contributed by atoms with E-state index in [4.69, 9.17) is 5.73 Å². The fourth-order valence-corrected chi connectivity index (χ4v) is 2.40. The molecule has 0 atom stereocenters. The average molecular weight is 226 g/mol. The predicted molar refractivity (Wildman–Crippen MR) is 71.6 cm³/mol. The van der Waals surface area contributed by atoms with E-state index in [1.165, 1.54) is 64.6 Å². The molecular weight excluding hydrogens is 196 g/mol. The van der Waals surface area contributed by atoms with E-state index in [-0.39, 0.29) is 0 Å². The molecule has 0 aliphatic carbocycles. The zero-order valence-corrected chi connectivity index (χ0v) is 11.3. The Morgan fingerprint density at radius 2 is 1.62 bits per heavy atom. The van der Waals surface area contributed by atoms with Gasteiger partial charge in [0.25, 0.3) is 0 Å². The van der Waals surface area contributed by atoms with E-state index in [0.717, 1.165) is 6.54 Å². The van der Waals surface area contributed by atoms with Crippen LogP contribution in [0.2, 0.25) is 0 Å². The molecule has 1 rings (SSSR count). The van der Waals surface area contributed by atoms with Crippen LogP contribution in [0.4, 0.5) is 0 Å². The van der Waals surface area contributed by atoms with E-state index in [1.807, 2.05) is 0 Å². The third-order valence-electron chi connectivity index (χ3n) is 3.83. The molecule has 0 bridgehead atoms. The highest BCUT2D eigenvalue weighted by atomic mass is 15.1. The van der Waals surface area contributed by atoms with Crippen LogP contribution < -0.4 is 5.73 Å². The van der Waals surface area contributed by atoms with Gasteiger partial charge in [0.1, 0.15) is 0 Å². The molecule has 1 aliphatic heterocycles. The molecular formula is C14H30N2. The van der Waals surface area contributed by atoms with Gasteiger partial charge in [-0.15, -0.1) is 0 Å². The van der Waals surface area contributed by atoms with Crippen LogP contribution in [-0.2, 0) is 0 Å². The molecule has 0 amide bonds. The van der Waals surface area contributed by atoms with Gasteiger partial charge in [-0.25, -0.2) is 0 Å². The van der Waals surface area contributed by atoms with Gasteiger partial charge in [-0.05, 0) is 57.3 Å². The van der Waals surface area contributed by atoms with Crippen LogP contribution in [0.5, 0.6) is 0 Å². The highest BCUT2D eigenvalue weighted by Gasteiger charge is 2.15. The van der Waals surface area contributed by atoms with E-state index < -0.39 is 0 Å². The zero-order valence-electron chi connectivity index (χ0n) is 11.3. The minimum absolute atomic E-state index is 0.346. The number of nitrogens with two attached hydrogens (primary N) is 1. The second-order valence-corrected chi connectivity index (χ2v) is 6.08. The van der Waals surface area contributed by atoms with Gasteiger partial charge in [0.15, 0.2) is 0 Å². The Bertz CT molecular complexity index is 170. The first kappa shape index (κ1) is 14.0. The lowest BCUT2D eigenvalue weighted by atomic mass is 9.87. The molecule has 96 valence electrons. The highest BCUT2D eigenvalue weighted by molar-refractivity contribution is 4.70. The van der Waals surface area contributed by atoms with Crippen molar-refractivity contribution in [3.63, 3.8) is 0 Å². The Morgan fingerprint density at radius 1 is 1.00 bits per heavy atom. The van der Waals surface area contributed by atoms with Crippen LogP contribution in [0.15, 0.2) is 0 Å². The van der Waals surface area contributed by atoms with Crippen LogP contribution >= 0.6 is 0 Å². The van der Waals surface area contributed by atoms with Crippen molar-refractivity contribution in [3.8, 4) is 0 Å². The summed E-state index contributed by atoms with van der Waals surface area (Å²) in [4.78, 5) is 2.66. The topological polar surface area (TPSA) is 29.3 Å². The Hall–Kier alpha value is -0.0800. The summed E-state index contributed by atoms with van der Waals surface area (Å²) in [6.07, 6.45) is 9.66. The number of likely N-dealkylation sites (tertiary alicyclic amines) is 1. The van der Waals surface area contributed by atoms with Crippen molar-refractivity contribution in [2.75, 3.05) is 26.2 Å². The van der Waals surface area contributed by atoms with Gasteiger partial charge in [0, 0.05) is 0 Å². The molecule has 1 saturated heterocycles. The summed E-state index contributed by atoms with van der Waals surface area (Å²) in [5.41, 5.74) is 6.09. The van der Waals surface area contributed by atoms with Gasteiger partial charge in [0.2, 0.25) is 0 Å². The van der Waals surface area contributed by atoms with Crippen LogP contribution in [0.25, 0.3) is 0 Å². The Labute approximate surface area is 102 Å². The van der Waals surface area contributed by atoms with Crippen LogP contribution in [-0.4, -0.2) is 31.1 Å². The SMILES string of the molecule is CC(C)(CN)CCCCN1CCCCCC1. The van der Waals surface area contributed by atoms with Crippen LogP contribution in [0, 0.1) is 5.41 Å². The van der Waals surface area contributed by atoms with Crippen molar-refractivity contribution in [2.24, 2.45) is 11.1 Å². The summed E-state index contributed by atoms with van der Waals surface area (Å²) >= 11 is 0. The maximum absolute atomic E-state index is 5.74. The quantitative estimate of drug-likeness (QED) is 0.705. The first-order chi connectivity index (χ1) is 7.64.